The van der Waals surface area contributed by atoms with E-state index in [1.54, 1.807) is 6.07 Å². The molecule has 1 aromatic rings. The number of alkyl carbamates (subject to hydrolysis) is 1. The maximum absolute atomic E-state index is 11.6. The molecular formula is C14H21N3O2. The Labute approximate surface area is 113 Å². The number of anilines is 1. The summed E-state index contributed by atoms with van der Waals surface area (Å²) in [6, 6.07) is 3.69. The fraction of sp³-hybridized carbons (Fsp3) is 0.571. The van der Waals surface area contributed by atoms with E-state index < -0.39 is 11.7 Å². The van der Waals surface area contributed by atoms with Crippen molar-refractivity contribution in [3.05, 3.63) is 23.4 Å². The number of rotatable bonds is 3. The zero-order valence-corrected chi connectivity index (χ0v) is 11.7. The first kappa shape index (κ1) is 13.6. The third-order valence-corrected chi connectivity index (χ3v) is 2.82. The molecule has 0 aromatic carbocycles. The van der Waals surface area contributed by atoms with Gasteiger partial charge in [0.25, 0.3) is 0 Å². The summed E-state index contributed by atoms with van der Waals surface area (Å²) in [4.78, 5) is 16.0. The van der Waals surface area contributed by atoms with Crippen LogP contribution in [-0.2, 0) is 11.3 Å². The number of nitrogens with one attached hydrogen (secondary N) is 1. The molecule has 1 heterocycles. The van der Waals surface area contributed by atoms with E-state index in [2.05, 4.69) is 10.3 Å². The zero-order chi connectivity index (χ0) is 14.0. The molecule has 0 atom stereocenters. The number of amides is 1. The van der Waals surface area contributed by atoms with Crippen molar-refractivity contribution in [2.45, 2.75) is 51.7 Å². The van der Waals surface area contributed by atoms with Gasteiger partial charge in [-0.15, -0.1) is 0 Å². The van der Waals surface area contributed by atoms with E-state index in [9.17, 15) is 4.79 Å². The summed E-state index contributed by atoms with van der Waals surface area (Å²) in [6.45, 7) is 5.95. The number of hydrogen-bond acceptors (Lipinski definition) is 4. The largest absolute Gasteiger partial charge is 0.444 e. The third kappa shape index (κ3) is 4.12. The van der Waals surface area contributed by atoms with Crippen LogP contribution in [0, 0.1) is 0 Å². The molecule has 0 radical (unpaired) electrons. The fourth-order valence-corrected chi connectivity index (χ4v) is 1.86. The fourth-order valence-electron chi connectivity index (χ4n) is 1.86. The minimum Gasteiger partial charge on any atom is -0.444 e. The molecule has 19 heavy (non-hydrogen) atoms. The van der Waals surface area contributed by atoms with Crippen LogP contribution in [0.2, 0.25) is 0 Å². The summed E-state index contributed by atoms with van der Waals surface area (Å²) in [6.07, 6.45) is 1.89. The van der Waals surface area contributed by atoms with Crippen molar-refractivity contribution >= 4 is 11.9 Å². The van der Waals surface area contributed by atoms with Crippen molar-refractivity contribution in [1.82, 2.24) is 10.3 Å². The number of carbonyl (C=O) groups is 1. The van der Waals surface area contributed by atoms with Gasteiger partial charge in [0.2, 0.25) is 0 Å². The van der Waals surface area contributed by atoms with E-state index in [1.165, 1.54) is 0 Å². The highest BCUT2D eigenvalue weighted by Gasteiger charge is 2.28. The standard InChI is InChI=1S/C14H21N3O2/c1-14(2,3)19-13(18)16-8-10-6-7-11(15)17-12(10)9-4-5-9/h6-7,9H,4-5,8H2,1-3H3,(H2,15,17)(H,16,18). The molecule has 0 unspecified atom stereocenters. The predicted octanol–water partition coefficient (Wildman–Crippen LogP) is 2.57. The Morgan fingerprint density at radius 2 is 2.16 bits per heavy atom. The molecular weight excluding hydrogens is 242 g/mol. The Bertz CT molecular complexity index is 476. The molecule has 1 saturated carbocycles. The van der Waals surface area contributed by atoms with Crippen molar-refractivity contribution in [2.75, 3.05) is 5.73 Å². The number of ether oxygens (including phenoxy) is 1. The summed E-state index contributed by atoms with van der Waals surface area (Å²) < 4.78 is 5.20. The molecule has 1 aliphatic carbocycles. The minimum atomic E-state index is -0.483. The van der Waals surface area contributed by atoms with Crippen molar-refractivity contribution < 1.29 is 9.53 Å². The highest BCUT2D eigenvalue weighted by atomic mass is 16.6. The quantitative estimate of drug-likeness (QED) is 0.878. The Kier molecular flexibility index (Phi) is 3.64. The summed E-state index contributed by atoms with van der Waals surface area (Å²) in [5, 5.41) is 2.76. The van der Waals surface area contributed by atoms with Crippen molar-refractivity contribution in [1.29, 1.82) is 0 Å². The Hall–Kier alpha value is -1.78. The lowest BCUT2D eigenvalue weighted by Crippen LogP contribution is -2.32. The van der Waals surface area contributed by atoms with E-state index in [0.717, 1.165) is 24.1 Å². The molecule has 5 nitrogen and oxygen atoms in total. The molecule has 3 N–H and O–H groups in total. The van der Waals surface area contributed by atoms with Crippen molar-refractivity contribution in [3.63, 3.8) is 0 Å². The second kappa shape index (κ2) is 5.07. The average molecular weight is 263 g/mol. The molecule has 0 bridgehead atoms. The first-order chi connectivity index (χ1) is 8.85. The van der Waals surface area contributed by atoms with Gasteiger partial charge in [0, 0.05) is 12.5 Å². The van der Waals surface area contributed by atoms with Crippen LogP contribution < -0.4 is 11.1 Å². The smallest absolute Gasteiger partial charge is 0.407 e. The Balaban J connectivity index is 1.98. The second-order valence-electron chi connectivity index (χ2n) is 5.91. The molecule has 0 spiro atoms. The van der Waals surface area contributed by atoms with Gasteiger partial charge in [-0.25, -0.2) is 9.78 Å². The second-order valence-corrected chi connectivity index (χ2v) is 5.91. The lowest BCUT2D eigenvalue weighted by molar-refractivity contribution is 0.0523. The number of hydrogen-bond donors (Lipinski definition) is 2. The topological polar surface area (TPSA) is 77.2 Å². The number of nitrogens with zero attached hydrogens (tertiary/aromatic N) is 1. The molecule has 0 saturated heterocycles. The molecule has 0 aliphatic heterocycles. The molecule has 1 aromatic heterocycles. The van der Waals surface area contributed by atoms with Gasteiger partial charge in [-0.1, -0.05) is 6.07 Å². The number of nitrogens with two attached hydrogens (primary N) is 1. The Morgan fingerprint density at radius 1 is 1.47 bits per heavy atom. The SMILES string of the molecule is CC(C)(C)OC(=O)NCc1ccc(N)nc1C1CC1. The molecule has 104 valence electrons. The maximum Gasteiger partial charge on any atom is 0.407 e. The van der Waals surface area contributed by atoms with Crippen LogP contribution >= 0.6 is 0 Å². The molecule has 1 amide bonds. The van der Waals surface area contributed by atoms with Gasteiger partial charge in [-0.3, -0.25) is 0 Å². The van der Waals surface area contributed by atoms with Gasteiger partial charge in [0.1, 0.15) is 11.4 Å². The van der Waals surface area contributed by atoms with E-state index >= 15 is 0 Å². The first-order valence-electron chi connectivity index (χ1n) is 6.57. The average Bonchev–Trinajstić information content (AvgIpc) is 3.08. The van der Waals surface area contributed by atoms with Gasteiger partial charge in [0.15, 0.2) is 0 Å². The monoisotopic (exact) mass is 263 g/mol. The summed E-state index contributed by atoms with van der Waals surface area (Å²) in [5.74, 6) is 1.03. The van der Waals surface area contributed by atoms with E-state index in [-0.39, 0.29) is 0 Å². The number of carbonyl (C=O) groups excluding carboxylic acids is 1. The van der Waals surface area contributed by atoms with Gasteiger partial charge >= 0.3 is 6.09 Å². The zero-order valence-electron chi connectivity index (χ0n) is 11.7. The van der Waals surface area contributed by atoms with Crippen LogP contribution in [0.25, 0.3) is 0 Å². The molecule has 2 rings (SSSR count). The van der Waals surface area contributed by atoms with E-state index in [0.29, 0.717) is 18.3 Å². The number of nitrogen functional groups attached to an aromatic ring is 1. The van der Waals surface area contributed by atoms with Crippen LogP contribution in [0.15, 0.2) is 12.1 Å². The van der Waals surface area contributed by atoms with Crippen LogP contribution in [0.3, 0.4) is 0 Å². The predicted molar refractivity (Wildman–Crippen MR) is 73.7 cm³/mol. The van der Waals surface area contributed by atoms with E-state index in [4.69, 9.17) is 10.5 Å². The van der Waals surface area contributed by atoms with Crippen molar-refractivity contribution in [3.8, 4) is 0 Å². The van der Waals surface area contributed by atoms with Crippen molar-refractivity contribution in [2.24, 2.45) is 0 Å². The van der Waals surface area contributed by atoms with E-state index in [1.807, 2.05) is 26.8 Å². The van der Waals surface area contributed by atoms with Crippen LogP contribution in [0.4, 0.5) is 10.6 Å². The molecule has 1 fully saturated rings. The Morgan fingerprint density at radius 3 is 2.74 bits per heavy atom. The lowest BCUT2D eigenvalue weighted by atomic mass is 10.1. The van der Waals surface area contributed by atoms with Crippen LogP contribution in [-0.4, -0.2) is 16.7 Å². The van der Waals surface area contributed by atoms with Gasteiger partial charge in [0.05, 0.1) is 5.69 Å². The van der Waals surface area contributed by atoms with Gasteiger partial charge in [-0.05, 0) is 45.2 Å². The van der Waals surface area contributed by atoms with Crippen LogP contribution in [0.5, 0.6) is 0 Å². The van der Waals surface area contributed by atoms with Crippen LogP contribution in [0.1, 0.15) is 50.8 Å². The lowest BCUT2D eigenvalue weighted by Gasteiger charge is -2.20. The van der Waals surface area contributed by atoms with Gasteiger partial charge in [-0.2, -0.15) is 0 Å². The summed E-state index contributed by atoms with van der Waals surface area (Å²) in [7, 11) is 0. The highest BCUT2D eigenvalue weighted by molar-refractivity contribution is 5.67. The van der Waals surface area contributed by atoms with Gasteiger partial charge < -0.3 is 15.8 Å². The maximum atomic E-state index is 11.6. The molecule has 5 heteroatoms. The normalized spacial score (nSPS) is 15.1. The first-order valence-corrected chi connectivity index (χ1v) is 6.57. The summed E-state index contributed by atoms with van der Waals surface area (Å²) in [5.41, 5.74) is 7.25. The third-order valence-electron chi connectivity index (χ3n) is 2.82. The minimum absolute atomic E-state index is 0.411. The number of aromatic nitrogens is 1. The molecule has 1 aliphatic rings. The summed E-state index contributed by atoms with van der Waals surface area (Å²) >= 11 is 0. The highest BCUT2D eigenvalue weighted by Crippen LogP contribution is 2.40. The number of pyridine rings is 1.